The van der Waals surface area contributed by atoms with Crippen molar-refractivity contribution in [2.75, 3.05) is 5.73 Å². The highest BCUT2D eigenvalue weighted by Crippen LogP contribution is 2.32. The summed E-state index contributed by atoms with van der Waals surface area (Å²) in [6.45, 7) is 2.07. The van der Waals surface area contributed by atoms with Gasteiger partial charge in [-0.2, -0.15) is 0 Å². The first-order valence-corrected chi connectivity index (χ1v) is 7.65. The lowest BCUT2D eigenvalue weighted by Gasteiger charge is -2.10. The van der Waals surface area contributed by atoms with E-state index in [-0.39, 0.29) is 0 Å². The van der Waals surface area contributed by atoms with Crippen LogP contribution in [0, 0.1) is 6.92 Å². The van der Waals surface area contributed by atoms with E-state index >= 15 is 0 Å². The molecule has 1 aromatic carbocycles. The molecule has 112 valence electrons. The molecule has 0 aliphatic rings. The Balaban J connectivity index is 2.12. The second-order valence-corrected chi connectivity index (χ2v) is 6.06. The quantitative estimate of drug-likeness (QED) is 0.647. The lowest BCUT2D eigenvalue weighted by Crippen LogP contribution is -2.06. The Morgan fingerprint density at radius 2 is 2.09 bits per heavy atom. The van der Waals surface area contributed by atoms with E-state index in [4.69, 9.17) is 11.5 Å². The molecule has 0 fully saturated rings. The zero-order valence-electron chi connectivity index (χ0n) is 12.1. The van der Waals surface area contributed by atoms with Gasteiger partial charge in [0.2, 0.25) is 0 Å². The van der Waals surface area contributed by atoms with Crippen LogP contribution in [0.15, 0.2) is 41.6 Å². The first-order chi connectivity index (χ1) is 10.6. The first kappa shape index (κ1) is 14.5. The van der Waals surface area contributed by atoms with Crippen molar-refractivity contribution in [1.82, 2.24) is 9.97 Å². The smallest absolute Gasteiger partial charge is 0.282 e. The fourth-order valence-electron chi connectivity index (χ4n) is 2.48. The van der Waals surface area contributed by atoms with Gasteiger partial charge < -0.3 is 16.5 Å². The number of carbonyl (C=O) groups is 1. The number of amides is 1. The Kier molecular flexibility index (Phi) is 3.77. The lowest BCUT2D eigenvalue weighted by atomic mass is 10.0. The second-order valence-electron chi connectivity index (χ2n) is 5.07. The Morgan fingerprint density at radius 1 is 1.32 bits per heavy atom. The second kappa shape index (κ2) is 5.73. The van der Waals surface area contributed by atoms with Gasteiger partial charge in [-0.1, -0.05) is 24.3 Å². The number of primary amides is 1. The summed E-state index contributed by atoms with van der Waals surface area (Å²) in [4.78, 5) is 18.9. The molecule has 1 amide bonds. The number of H-pyrrole nitrogens is 1. The molecule has 3 aromatic rings. The zero-order valence-corrected chi connectivity index (χ0v) is 12.9. The maximum absolute atomic E-state index is 11.2. The van der Waals surface area contributed by atoms with Crippen LogP contribution in [0.4, 0.5) is 10.5 Å². The molecule has 22 heavy (non-hydrogen) atoms. The molecule has 5 nitrogen and oxygen atoms in total. The average Bonchev–Trinajstić information content (AvgIpc) is 2.95. The van der Waals surface area contributed by atoms with E-state index in [1.165, 1.54) is 11.1 Å². The molecule has 3 rings (SSSR count). The predicted molar refractivity (Wildman–Crippen MR) is 89.9 cm³/mol. The van der Waals surface area contributed by atoms with Gasteiger partial charge in [0, 0.05) is 18.0 Å². The number of nitrogens with two attached hydrogens (primary N) is 2. The summed E-state index contributed by atoms with van der Waals surface area (Å²) in [6.07, 6.45) is 2.49. The number of aryl methyl sites for hydroxylation is 1. The van der Waals surface area contributed by atoms with Crippen LogP contribution in [0.2, 0.25) is 0 Å². The minimum atomic E-state index is -0.518. The number of nitrogen functional groups attached to an aromatic ring is 1. The molecule has 0 atom stereocenters. The minimum Gasteiger partial charge on any atom is -0.396 e. The normalized spacial score (nSPS) is 11.0. The van der Waals surface area contributed by atoms with Crippen LogP contribution in [-0.2, 0) is 6.42 Å². The number of fused-ring (bicyclic) bond motifs is 1. The summed E-state index contributed by atoms with van der Waals surface area (Å²) in [5, 5.41) is 0.807. The van der Waals surface area contributed by atoms with Crippen LogP contribution in [0.25, 0.3) is 10.9 Å². The number of benzene rings is 1. The van der Waals surface area contributed by atoms with E-state index in [0.717, 1.165) is 28.4 Å². The van der Waals surface area contributed by atoms with Gasteiger partial charge in [0.25, 0.3) is 5.24 Å². The number of aromatic nitrogens is 2. The maximum Gasteiger partial charge on any atom is 0.282 e. The molecule has 0 spiro atoms. The number of aromatic amines is 1. The number of anilines is 1. The molecular formula is C16H16N4OS. The SMILES string of the molecule is Cc1ccccc1Cc1nc(SC(N)=O)c(N)c2cc[nH]c12. The summed E-state index contributed by atoms with van der Waals surface area (Å²) < 4.78 is 0. The van der Waals surface area contributed by atoms with Crippen molar-refractivity contribution < 1.29 is 4.79 Å². The van der Waals surface area contributed by atoms with Gasteiger partial charge in [-0.3, -0.25) is 4.79 Å². The molecule has 0 saturated heterocycles. The third kappa shape index (κ3) is 2.65. The number of hydrogen-bond acceptors (Lipinski definition) is 4. The van der Waals surface area contributed by atoms with Gasteiger partial charge in [-0.25, -0.2) is 4.98 Å². The number of nitrogens with zero attached hydrogens (tertiary/aromatic N) is 1. The predicted octanol–water partition coefficient (Wildman–Crippen LogP) is 3.22. The van der Waals surface area contributed by atoms with Gasteiger partial charge in [0.15, 0.2) is 0 Å². The first-order valence-electron chi connectivity index (χ1n) is 6.83. The highest BCUT2D eigenvalue weighted by Gasteiger charge is 2.15. The summed E-state index contributed by atoms with van der Waals surface area (Å²) in [5.41, 5.74) is 16.0. The Morgan fingerprint density at radius 3 is 2.82 bits per heavy atom. The molecule has 0 radical (unpaired) electrons. The summed E-state index contributed by atoms with van der Waals surface area (Å²) in [5.74, 6) is 0. The van der Waals surface area contributed by atoms with Gasteiger partial charge in [-0.05, 0) is 35.9 Å². The van der Waals surface area contributed by atoms with Crippen molar-refractivity contribution in [2.24, 2.45) is 5.73 Å². The van der Waals surface area contributed by atoms with Gasteiger partial charge in [-0.15, -0.1) is 0 Å². The molecule has 6 heteroatoms. The number of nitrogens with one attached hydrogen (secondary N) is 1. The maximum atomic E-state index is 11.2. The van der Waals surface area contributed by atoms with Crippen LogP contribution in [0.5, 0.6) is 0 Å². The van der Waals surface area contributed by atoms with Crippen LogP contribution in [0.3, 0.4) is 0 Å². The molecule has 5 N–H and O–H groups in total. The number of pyridine rings is 1. The fourth-order valence-corrected chi connectivity index (χ4v) is 3.04. The van der Waals surface area contributed by atoms with Crippen LogP contribution >= 0.6 is 11.8 Å². The van der Waals surface area contributed by atoms with Crippen molar-refractivity contribution in [1.29, 1.82) is 0 Å². The van der Waals surface area contributed by atoms with Crippen molar-refractivity contribution in [3.05, 3.63) is 53.3 Å². The summed E-state index contributed by atoms with van der Waals surface area (Å²) in [6, 6.07) is 10.0. The highest BCUT2D eigenvalue weighted by molar-refractivity contribution is 8.13. The molecular weight excluding hydrogens is 296 g/mol. The van der Waals surface area contributed by atoms with Crippen LogP contribution in [-0.4, -0.2) is 15.2 Å². The number of rotatable bonds is 3. The van der Waals surface area contributed by atoms with E-state index in [9.17, 15) is 4.79 Å². The number of hydrogen-bond donors (Lipinski definition) is 3. The van der Waals surface area contributed by atoms with Crippen LogP contribution < -0.4 is 11.5 Å². The minimum absolute atomic E-state index is 0.461. The molecule has 2 heterocycles. The molecule has 0 saturated carbocycles. The van der Waals surface area contributed by atoms with Gasteiger partial charge in [0.1, 0.15) is 5.03 Å². The van der Waals surface area contributed by atoms with E-state index < -0.39 is 5.24 Å². The van der Waals surface area contributed by atoms with E-state index in [1.807, 2.05) is 24.4 Å². The number of thioether (sulfide) groups is 1. The standard InChI is InChI=1S/C16H16N4OS/c1-9-4-2-3-5-10(9)8-12-14-11(6-7-19-14)13(17)15(20-12)22-16(18)21/h2-7,19H,8,17H2,1H3,(H2,18,21). The van der Waals surface area contributed by atoms with Gasteiger partial charge >= 0.3 is 0 Å². The van der Waals surface area contributed by atoms with Crippen LogP contribution in [0.1, 0.15) is 16.8 Å². The molecule has 0 aliphatic carbocycles. The lowest BCUT2D eigenvalue weighted by molar-refractivity contribution is 0.267. The topological polar surface area (TPSA) is 97.8 Å². The van der Waals surface area contributed by atoms with E-state index in [2.05, 4.69) is 29.0 Å². The summed E-state index contributed by atoms with van der Waals surface area (Å²) in [7, 11) is 0. The Labute approximate surface area is 132 Å². The fraction of sp³-hybridized carbons (Fsp3) is 0.125. The van der Waals surface area contributed by atoms with E-state index in [1.54, 1.807) is 0 Å². The zero-order chi connectivity index (χ0) is 15.7. The molecule has 0 bridgehead atoms. The summed E-state index contributed by atoms with van der Waals surface area (Å²) >= 11 is 0.861. The van der Waals surface area contributed by atoms with Gasteiger partial charge in [0.05, 0.1) is 16.9 Å². The van der Waals surface area contributed by atoms with Crippen molar-refractivity contribution >= 4 is 33.6 Å². The largest absolute Gasteiger partial charge is 0.396 e. The highest BCUT2D eigenvalue weighted by atomic mass is 32.2. The average molecular weight is 312 g/mol. The Bertz CT molecular complexity index is 856. The molecule has 0 aliphatic heterocycles. The van der Waals surface area contributed by atoms with Crippen molar-refractivity contribution in [2.45, 2.75) is 18.4 Å². The van der Waals surface area contributed by atoms with Crippen molar-refractivity contribution in [3.8, 4) is 0 Å². The number of carbonyl (C=O) groups excluding carboxylic acids is 1. The molecule has 2 aromatic heterocycles. The van der Waals surface area contributed by atoms with Crippen molar-refractivity contribution in [3.63, 3.8) is 0 Å². The third-order valence-corrected chi connectivity index (χ3v) is 4.31. The molecule has 0 unspecified atom stereocenters. The monoisotopic (exact) mass is 312 g/mol. The Hall–Kier alpha value is -2.47. The third-order valence-electron chi connectivity index (χ3n) is 3.61. The van der Waals surface area contributed by atoms with E-state index in [0.29, 0.717) is 17.1 Å².